The van der Waals surface area contributed by atoms with E-state index in [0.29, 0.717) is 35.8 Å². The van der Waals surface area contributed by atoms with Crippen LogP contribution in [0.25, 0.3) is 5.69 Å². The van der Waals surface area contributed by atoms with Gasteiger partial charge in [-0.15, -0.1) is 5.10 Å². The van der Waals surface area contributed by atoms with Crippen molar-refractivity contribution in [1.82, 2.24) is 25.1 Å². The Hall–Kier alpha value is -2.97. The van der Waals surface area contributed by atoms with Gasteiger partial charge in [-0.05, 0) is 54.2 Å². The van der Waals surface area contributed by atoms with Crippen molar-refractivity contribution in [2.75, 3.05) is 21.3 Å². The fourth-order valence-corrected chi connectivity index (χ4v) is 3.84. The highest BCUT2D eigenvalue weighted by atomic mass is 16.5. The fourth-order valence-electron chi connectivity index (χ4n) is 3.84. The first-order valence-electron chi connectivity index (χ1n) is 9.23. The number of rotatable bonds is 4. The molecule has 1 aromatic heterocycles. The summed E-state index contributed by atoms with van der Waals surface area (Å²) in [5.74, 6) is 0.569. The number of tetrazole rings is 1. The van der Waals surface area contributed by atoms with Crippen LogP contribution in [0.4, 0.5) is 4.79 Å². The second-order valence-electron chi connectivity index (χ2n) is 7.17. The second kappa shape index (κ2) is 7.95. The summed E-state index contributed by atoms with van der Waals surface area (Å²) in [6.07, 6.45) is 2.78. The first-order valence-corrected chi connectivity index (χ1v) is 9.23. The highest BCUT2D eigenvalue weighted by Gasteiger charge is 2.46. The van der Waals surface area contributed by atoms with Crippen LogP contribution in [0, 0.1) is 5.92 Å². The molecule has 1 fully saturated rings. The first-order chi connectivity index (χ1) is 13.4. The largest absolute Gasteiger partial charge is 0.465 e. The molecule has 1 aliphatic rings. The van der Waals surface area contributed by atoms with Gasteiger partial charge in [0.2, 0.25) is 0 Å². The summed E-state index contributed by atoms with van der Waals surface area (Å²) < 4.78 is 11.4. The summed E-state index contributed by atoms with van der Waals surface area (Å²) in [6.45, 7) is 2.19. The lowest BCUT2D eigenvalue weighted by Crippen LogP contribution is -2.50. The van der Waals surface area contributed by atoms with Crippen molar-refractivity contribution >= 4 is 12.1 Å². The number of carbonyl (C=O) groups is 2. The molecule has 9 nitrogen and oxygen atoms in total. The molecule has 1 heterocycles. The van der Waals surface area contributed by atoms with Crippen LogP contribution in [-0.2, 0) is 15.0 Å². The lowest BCUT2D eigenvalue weighted by Gasteiger charge is -2.43. The van der Waals surface area contributed by atoms with Crippen molar-refractivity contribution in [1.29, 1.82) is 0 Å². The highest BCUT2D eigenvalue weighted by Crippen LogP contribution is 2.43. The fraction of sp³-hybridized carbons (Fsp3) is 0.526. The Kier molecular flexibility index (Phi) is 5.62. The summed E-state index contributed by atoms with van der Waals surface area (Å²) >= 11 is 0. The molecule has 0 unspecified atom stereocenters. The number of amides is 1. The van der Waals surface area contributed by atoms with Crippen LogP contribution in [-0.4, -0.2) is 58.4 Å². The summed E-state index contributed by atoms with van der Waals surface area (Å²) in [7, 11) is 4.38. The minimum absolute atomic E-state index is 0.346. The summed E-state index contributed by atoms with van der Waals surface area (Å²) in [4.78, 5) is 26.2. The van der Waals surface area contributed by atoms with Crippen molar-refractivity contribution in [3.8, 4) is 5.69 Å². The smallest absolute Gasteiger partial charge is 0.410 e. The number of aromatic nitrogens is 4. The van der Waals surface area contributed by atoms with Gasteiger partial charge < -0.3 is 9.47 Å². The van der Waals surface area contributed by atoms with Crippen LogP contribution in [0.5, 0.6) is 0 Å². The number of esters is 1. The van der Waals surface area contributed by atoms with Crippen molar-refractivity contribution in [2.24, 2.45) is 5.92 Å². The molecular weight excluding hydrogens is 362 g/mol. The van der Waals surface area contributed by atoms with Crippen molar-refractivity contribution in [3.05, 3.63) is 35.7 Å². The van der Waals surface area contributed by atoms with E-state index in [9.17, 15) is 9.59 Å². The van der Waals surface area contributed by atoms with Gasteiger partial charge in [0.25, 0.3) is 0 Å². The molecule has 9 heteroatoms. The number of methoxy groups -OCH3 is 2. The molecule has 1 aromatic carbocycles. The van der Waals surface area contributed by atoms with Crippen molar-refractivity contribution in [2.45, 2.75) is 38.1 Å². The third kappa shape index (κ3) is 3.32. The maximum atomic E-state index is 12.4. The Balaban J connectivity index is 2.15. The van der Waals surface area contributed by atoms with E-state index in [4.69, 9.17) is 9.47 Å². The molecule has 0 N–H and O–H groups in total. The Labute approximate surface area is 163 Å². The quantitative estimate of drug-likeness (QED) is 0.743. The van der Waals surface area contributed by atoms with Crippen LogP contribution >= 0.6 is 0 Å². The van der Waals surface area contributed by atoms with E-state index in [1.54, 1.807) is 36.2 Å². The van der Waals surface area contributed by atoms with Crippen LogP contribution in [0.3, 0.4) is 0 Å². The number of ether oxygens (including phenoxy) is 2. The third-order valence-electron chi connectivity index (χ3n) is 5.62. The Morgan fingerprint density at radius 1 is 1.18 bits per heavy atom. The first kappa shape index (κ1) is 19.8. The second-order valence-corrected chi connectivity index (χ2v) is 7.17. The monoisotopic (exact) mass is 387 g/mol. The zero-order valence-corrected chi connectivity index (χ0v) is 16.6. The number of hydrogen-bond donors (Lipinski definition) is 0. The molecule has 0 spiro atoms. The Morgan fingerprint density at radius 3 is 2.50 bits per heavy atom. The average Bonchev–Trinajstić information content (AvgIpc) is 3.23. The molecule has 0 aliphatic heterocycles. The van der Waals surface area contributed by atoms with E-state index < -0.39 is 17.6 Å². The molecule has 1 aliphatic carbocycles. The predicted octanol–water partition coefficient (Wildman–Crippen LogP) is 2.55. The molecule has 1 saturated carbocycles. The van der Waals surface area contributed by atoms with Gasteiger partial charge in [0.05, 0.1) is 25.5 Å². The van der Waals surface area contributed by atoms with E-state index in [-0.39, 0.29) is 0 Å². The minimum atomic E-state index is -0.730. The number of hydrogen-bond acceptors (Lipinski definition) is 7. The van der Waals surface area contributed by atoms with Crippen molar-refractivity contribution in [3.63, 3.8) is 0 Å². The van der Waals surface area contributed by atoms with E-state index in [0.717, 1.165) is 12.8 Å². The van der Waals surface area contributed by atoms with Gasteiger partial charge in [-0.2, -0.15) is 4.68 Å². The van der Waals surface area contributed by atoms with Crippen LogP contribution in [0.2, 0.25) is 0 Å². The Bertz CT molecular complexity index is 858. The Morgan fingerprint density at radius 2 is 1.86 bits per heavy atom. The third-order valence-corrected chi connectivity index (χ3v) is 5.62. The van der Waals surface area contributed by atoms with Crippen LogP contribution in [0.15, 0.2) is 24.3 Å². The molecule has 0 atom stereocenters. The zero-order chi connectivity index (χ0) is 20.3. The zero-order valence-electron chi connectivity index (χ0n) is 16.6. The molecule has 3 rings (SSSR count). The summed E-state index contributed by atoms with van der Waals surface area (Å²) in [5.41, 5.74) is 0.121. The minimum Gasteiger partial charge on any atom is -0.465 e. The molecule has 0 bridgehead atoms. The number of benzene rings is 1. The number of carbonyl (C=O) groups excluding carboxylic acids is 2. The maximum Gasteiger partial charge on any atom is 0.410 e. The molecule has 1 amide bonds. The predicted molar refractivity (Wildman–Crippen MR) is 100.0 cm³/mol. The van der Waals surface area contributed by atoms with Crippen LogP contribution in [0.1, 0.15) is 48.8 Å². The van der Waals surface area contributed by atoms with Gasteiger partial charge in [-0.1, -0.05) is 19.1 Å². The van der Waals surface area contributed by atoms with E-state index >= 15 is 0 Å². The van der Waals surface area contributed by atoms with Gasteiger partial charge in [0.1, 0.15) is 5.54 Å². The molecule has 2 aromatic rings. The summed E-state index contributed by atoms with van der Waals surface area (Å²) in [6, 6.07) is 6.96. The number of nitrogens with zero attached hydrogens (tertiary/aromatic N) is 5. The SMILES string of the molecule is COC(=O)c1ccccc1-n1nnnc1C1(N(C)C(=O)OC)CCC(C)CC1. The lowest BCUT2D eigenvalue weighted by atomic mass is 9.75. The highest BCUT2D eigenvalue weighted by molar-refractivity contribution is 5.93. The molecule has 28 heavy (non-hydrogen) atoms. The number of para-hydroxylation sites is 1. The van der Waals surface area contributed by atoms with Crippen LogP contribution < -0.4 is 0 Å². The van der Waals surface area contributed by atoms with Crippen molar-refractivity contribution < 1.29 is 19.1 Å². The molecular formula is C19H25N5O4. The molecule has 0 saturated heterocycles. The molecule has 150 valence electrons. The van der Waals surface area contributed by atoms with E-state index in [2.05, 4.69) is 22.4 Å². The molecule has 0 radical (unpaired) electrons. The van der Waals surface area contributed by atoms with E-state index in [1.807, 2.05) is 0 Å². The van der Waals surface area contributed by atoms with Gasteiger partial charge in [-0.3, -0.25) is 4.90 Å². The normalized spacial score (nSPS) is 21.8. The van der Waals surface area contributed by atoms with E-state index in [1.165, 1.54) is 18.9 Å². The van der Waals surface area contributed by atoms with Gasteiger partial charge in [0.15, 0.2) is 5.82 Å². The maximum absolute atomic E-state index is 12.4. The topological polar surface area (TPSA) is 99.4 Å². The average molecular weight is 387 g/mol. The van der Waals surface area contributed by atoms with Gasteiger partial charge >= 0.3 is 12.1 Å². The lowest BCUT2D eigenvalue weighted by molar-refractivity contribution is 0.0382. The van der Waals surface area contributed by atoms with Gasteiger partial charge in [-0.25, -0.2) is 9.59 Å². The standard InChI is InChI=1S/C19H25N5O4/c1-13-9-11-19(12-10-13,23(2)18(26)28-4)17-20-21-22-24(17)15-8-6-5-7-14(15)16(25)27-3/h5-8,13H,9-12H2,1-4H3. The summed E-state index contributed by atoms with van der Waals surface area (Å²) in [5, 5.41) is 12.3. The van der Waals surface area contributed by atoms with Gasteiger partial charge in [0, 0.05) is 7.05 Å².